The van der Waals surface area contributed by atoms with Crippen LogP contribution in [0.25, 0.3) is 6.08 Å². The van der Waals surface area contributed by atoms with Gasteiger partial charge in [0.1, 0.15) is 21.8 Å². The zero-order valence-electron chi connectivity index (χ0n) is 17.6. The van der Waals surface area contributed by atoms with Crippen molar-refractivity contribution in [3.05, 3.63) is 31.9 Å². The van der Waals surface area contributed by atoms with E-state index in [9.17, 15) is 14.9 Å². The Kier molecular flexibility index (Phi) is 7.34. The number of aromatic nitrogens is 1. The number of pyridine rings is 1. The lowest BCUT2D eigenvalue weighted by Crippen LogP contribution is -2.33. The van der Waals surface area contributed by atoms with Gasteiger partial charge in [0.15, 0.2) is 0 Å². The first kappa shape index (κ1) is 22.5. The van der Waals surface area contributed by atoms with E-state index in [-0.39, 0.29) is 17.0 Å². The molecule has 2 aliphatic rings. The number of carbonyl (C=O) groups excluding carboxylic acids is 1. The quantitative estimate of drug-likeness (QED) is 0.362. The Bertz CT molecular complexity index is 987. The SMILES string of the molecule is CCn1c(N2CCCC2)c(/C=C2/SC(=S)N(CCCOC)C2=O)c(C)c(C#N)c1=O. The van der Waals surface area contributed by atoms with Gasteiger partial charge in [0, 0.05) is 45.5 Å². The largest absolute Gasteiger partial charge is 0.385 e. The maximum Gasteiger partial charge on any atom is 0.270 e. The number of thioether (sulfide) groups is 1. The van der Waals surface area contributed by atoms with Gasteiger partial charge in [-0.2, -0.15) is 5.26 Å². The number of nitrogens with zero attached hydrogens (tertiary/aromatic N) is 4. The van der Waals surface area contributed by atoms with Gasteiger partial charge < -0.3 is 9.64 Å². The molecule has 3 heterocycles. The van der Waals surface area contributed by atoms with Crippen molar-refractivity contribution in [1.82, 2.24) is 9.47 Å². The third-order valence-corrected chi connectivity index (χ3v) is 6.83. The van der Waals surface area contributed by atoms with E-state index in [4.69, 9.17) is 17.0 Å². The van der Waals surface area contributed by atoms with Gasteiger partial charge in [-0.1, -0.05) is 24.0 Å². The predicted molar refractivity (Wildman–Crippen MR) is 124 cm³/mol. The van der Waals surface area contributed by atoms with Crippen LogP contribution >= 0.6 is 24.0 Å². The van der Waals surface area contributed by atoms with Crippen LogP contribution in [0.2, 0.25) is 0 Å². The summed E-state index contributed by atoms with van der Waals surface area (Å²) in [6.07, 6.45) is 4.62. The van der Waals surface area contributed by atoms with Crippen LogP contribution in [0.3, 0.4) is 0 Å². The molecule has 0 spiro atoms. The Morgan fingerprint density at radius 3 is 2.60 bits per heavy atom. The van der Waals surface area contributed by atoms with Gasteiger partial charge >= 0.3 is 0 Å². The summed E-state index contributed by atoms with van der Waals surface area (Å²) in [7, 11) is 1.63. The van der Waals surface area contributed by atoms with Crippen LogP contribution in [-0.2, 0) is 16.1 Å². The summed E-state index contributed by atoms with van der Waals surface area (Å²) in [5.74, 6) is 0.654. The Balaban J connectivity index is 2.11. The molecule has 3 rings (SSSR count). The summed E-state index contributed by atoms with van der Waals surface area (Å²) in [6, 6.07) is 2.06. The molecule has 0 unspecified atom stereocenters. The second-order valence-corrected chi connectivity index (χ2v) is 8.95. The molecule has 1 amide bonds. The van der Waals surface area contributed by atoms with E-state index >= 15 is 0 Å². The first-order chi connectivity index (χ1) is 14.4. The van der Waals surface area contributed by atoms with Crippen molar-refractivity contribution in [2.45, 2.75) is 39.7 Å². The number of hydrogen-bond acceptors (Lipinski definition) is 7. The lowest BCUT2D eigenvalue weighted by molar-refractivity contribution is -0.122. The smallest absolute Gasteiger partial charge is 0.270 e. The number of hydrogen-bond donors (Lipinski definition) is 0. The van der Waals surface area contributed by atoms with E-state index in [0.29, 0.717) is 40.9 Å². The molecule has 2 saturated heterocycles. The highest BCUT2D eigenvalue weighted by molar-refractivity contribution is 8.26. The summed E-state index contributed by atoms with van der Waals surface area (Å²) >= 11 is 6.68. The minimum atomic E-state index is -0.274. The topological polar surface area (TPSA) is 78.6 Å². The highest BCUT2D eigenvalue weighted by atomic mass is 32.2. The van der Waals surface area contributed by atoms with Gasteiger partial charge in [-0.15, -0.1) is 0 Å². The number of nitriles is 1. The molecule has 0 N–H and O–H groups in total. The van der Waals surface area contributed by atoms with Crippen LogP contribution in [0.1, 0.15) is 42.9 Å². The lowest BCUT2D eigenvalue weighted by atomic mass is 10.0. The molecular formula is C21H26N4O3S2. The normalized spacial score (nSPS) is 18.0. The van der Waals surface area contributed by atoms with Crippen molar-refractivity contribution >= 4 is 46.1 Å². The molecule has 7 nitrogen and oxygen atoms in total. The number of ether oxygens (including phenoxy) is 1. The molecule has 2 aliphatic heterocycles. The monoisotopic (exact) mass is 446 g/mol. The minimum Gasteiger partial charge on any atom is -0.385 e. The maximum absolute atomic E-state index is 13.0. The number of methoxy groups -OCH3 is 1. The van der Waals surface area contributed by atoms with E-state index in [2.05, 4.69) is 11.0 Å². The number of amides is 1. The third-order valence-electron chi connectivity index (χ3n) is 5.45. The van der Waals surface area contributed by atoms with Crippen LogP contribution in [0.15, 0.2) is 9.70 Å². The molecule has 30 heavy (non-hydrogen) atoms. The van der Waals surface area contributed by atoms with Crippen LogP contribution in [0.5, 0.6) is 0 Å². The highest BCUT2D eigenvalue weighted by Gasteiger charge is 2.33. The number of anilines is 1. The van der Waals surface area contributed by atoms with Crippen molar-refractivity contribution in [1.29, 1.82) is 5.26 Å². The van der Waals surface area contributed by atoms with Crippen LogP contribution in [0, 0.1) is 18.3 Å². The van der Waals surface area contributed by atoms with Crippen molar-refractivity contribution in [2.75, 3.05) is 38.3 Å². The van der Waals surface area contributed by atoms with E-state index in [1.807, 2.05) is 13.0 Å². The zero-order valence-corrected chi connectivity index (χ0v) is 19.2. The van der Waals surface area contributed by atoms with E-state index < -0.39 is 0 Å². The summed E-state index contributed by atoms with van der Waals surface area (Å²) in [4.78, 5) is 30.2. The molecule has 0 atom stereocenters. The van der Waals surface area contributed by atoms with Gasteiger partial charge in [0.25, 0.3) is 11.5 Å². The Morgan fingerprint density at radius 2 is 2.00 bits per heavy atom. The average molecular weight is 447 g/mol. The van der Waals surface area contributed by atoms with E-state index in [0.717, 1.165) is 37.3 Å². The van der Waals surface area contributed by atoms with Gasteiger partial charge in [-0.3, -0.25) is 19.1 Å². The molecule has 2 fully saturated rings. The van der Waals surface area contributed by atoms with Crippen LogP contribution < -0.4 is 10.5 Å². The van der Waals surface area contributed by atoms with Gasteiger partial charge in [0.2, 0.25) is 0 Å². The first-order valence-electron chi connectivity index (χ1n) is 10.1. The minimum absolute atomic E-state index is 0.127. The predicted octanol–water partition coefficient (Wildman–Crippen LogP) is 2.89. The van der Waals surface area contributed by atoms with E-state index in [1.54, 1.807) is 23.5 Å². The lowest BCUT2D eigenvalue weighted by Gasteiger charge is -2.26. The maximum atomic E-state index is 13.0. The number of carbonyl (C=O) groups is 1. The summed E-state index contributed by atoms with van der Waals surface area (Å²) in [5, 5.41) is 9.61. The molecule has 0 aromatic carbocycles. The third kappa shape index (κ3) is 4.17. The Labute approximate surface area is 186 Å². The second kappa shape index (κ2) is 9.77. The fourth-order valence-electron chi connectivity index (χ4n) is 3.90. The molecule has 0 radical (unpaired) electrons. The molecule has 1 aromatic heterocycles. The van der Waals surface area contributed by atoms with E-state index in [1.165, 1.54) is 11.8 Å². The number of thiocarbonyl (C=S) groups is 1. The summed E-state index contributed by atoms with van der Waals surface area (Å²) < 4.78 is 7.25. The van der Waals surface area contributed by atoms with Crippen molar-refractivity contribution < 1.29 is 9.53 Å². The molecular weight excluding hydrogens is 420 g/mol. The fourth-order valence-corrected chi connectivity index (χ4v) is 5.19. The van der Waals surface area contributed by atoms with Gasteiger partial charge in [0.05, 0.1) is 4.91 Å². The molecule has 0 aliphatic carbocycles. The standard InChI is InChI=1S/C21H26N4O3S2/c1-4-24-18(23-8-5-6-9-23)15(14(2)16(13-22)19(24)26)12-17-20(27)25(21(29)30-17)10-7-11-28-3/h12H,4-11H2,1-3H3/b17-12+. The van der Waals surface area contributed by atoms with Crippen molar-refractivity contribution in [3.8, 4) is 6.07 Å². The molecule has 9 heteroatoms. The summed E-state index contributed by atoms with van der Waals surface area (Å²) in [6.45, 7) is 6.90. The molecule has 0 bridgehead atoms. The second-order valence-electron chi connectivity index (χ2n) is 7.27. The fraction of sp³-hybridized carbons (Fsp3) is 0.524. The van der Waals surface area contributed by atoms with Crippen LogP contribution in [-0.4, -0.2) is 53.0 Å². The van der Waals surface area contributed by atoms with Gasteiger partial charge in [-0.25, -0.2) is 0 Å². The average Bonchev–Trinajstić information content (AvgIpc) is 3.34. The summed E-state index contributed by atoms with van der Waals surface area (Å²) in [5.41, 5.74) is 1.22. The molecule has 160 valence electrons. The Hall–Kier alpha value is -2.15. The Morgan fingerprint density at radius 1 is 1.30 bits per heavy atom. The van der Waals surface area contributed by atoms with Gasteiger partial charge in [-0.05, 0) is 44.7 Å². The van der Waals surface area contributed by atoms with Crippen molar-refractivity contribution in [2.24, 2.45) is 0 Å². The zero-order chi connectivity index (χ0) is 21.8. The first-order valence-corrected chi connectivity index (χ1v) is 11.3. The van der Waals surface area contributed by atoms with Crippen molar-refractivity contribution in [3.63, 3.8) is 0 Å². The number of rotatable bonds is 7. The highest BCUT2D eigenvalue weighted by Crippen LogP contribution is 2.36. The van der Waals surface area contributed by atoms with Crippen LogP contribution in [0.4, 0.5) is 5.82 Å². The molecule has 1 aromatic rings. The molecule has 0 saturated carbocycles.